The van der Waals surface area contributed by atoms with Crippen LogP contribution in [0.3, 0.4) is 0 Å². The second kappa shape index (κ2) is 6.49. The van der Waals surface area contributed by atoms with Gasteiger partial charge in [-0.15, -0.1) is 0 Å². The molecule has 3 rings (SSSR count). The minimum atomic E-state index is -0.401. The molecule has 1 saturated heterocycles. The molecule has 0 bridgehead atoms. The minimum absolute atomic E-state index is 0.0533. The van der Waals surface area contributed by atoms with Gasteiger partial charge >= 0.3 is 0 Å². The average molecular weight is 292 g/mol. The molecule has 2 aliphatic rings. The van der Waals surface area contributed by atoms with Gasteiger partial charge in [0.25, 0.3) is 0 Å². The predicted molar refractivity (Wildman–Crippen MR) is 82.0 cm³/mol. The van der Waals surface area contributed by atoms with E-state index >= 15 is 0 Å². The number of hydrogen-bond donors (Lipinski definition) is 1. The van der Waals surface area contributed by atoms with Gasteiger partial charge in [-0.25, -0.2) is 4.98 Å². The lowest BCUT2D eigenvalue weighted by atomic mass is 9.74. The van der Waals surface area contributed by atoms with Crippen LogP contribution >= 0.6 is 0 Å². The van der Waals surface area contributed by atoms with Crippen LogP contribution in [0.4, 0.5) is 0 Å². The van der Waals surface area contributed by atoms with Crippen LogP contribution in [-0.2, 0) is 11.3 Å². The zero-order valence-corrected chi connectivity index (χ0v) is 13.1. The highest BCUT2D eigenvalue weighted by atomic mass is 16.5. The Kier molecular flexibility index (Phi) is 4.65. The summed E-state index contributed by atoms with van der Waals surface area (Å²) in [6.45, 7) is 3.88. The molecule has 2 unspecified atom stereocenters. The molecule has 4 nitrogen and oxygen atoms in total. The Morgan fingerprint density at radius 2 is 2.24 bits per heavy atom. The van der Waals surface area contributed by atoms with Crippen molar-refractivity contribution in [2.24, 2.45) is 5.92 Å². The molecule has 2 atom stereocenters. The summed E-state index contributed by atoms with van der Waals surface area (Å²) in [5.74, 6) is 0.309. The molecule has 118 valence electrons. The number of hydrogen-bond acceptors (Lipinski definition) is 3. The monoisotopic (exact) mass is 292 g/mol. The zero-order valence-electron chi connectivity index (χ0n) is 13.1. The highest BCUT2D eigenvalue weighted by Gasteiger charge is 2.41. The largest absolute Gasteiger partial charge is 0.387 e. The van der Waals surface area contributed by atoms with Crippen molar-refractivity contribution in [2.45, 2.75) is 76.5 Å². The lowest BCUT2D eigenvalue weighted by molar-refractivity contribution is -0.134. The number of imidazole rings is 1. The first-order valence-electron chi connectivity index (χ1n) is 8.56. The molecular formula is C17H28N2O2. The van der Waals surface area contributed by atoms with Crippen molar-refractivity contribution in [3.8, 4) is 0 Å². The van der Waals surface area contributed by atoms with Crippen LogP contribution in [0, 0.1) is 5.92 Å². The summed E-state index contributed by atoms with van der Waals surface area (Å²) in [6, 6.07) is 0. The molecule has 1 aliphatic heterocycles. The average Bonchev–Trinajstić information content (AvgIpc) is 2.96. The summed E-state index contributed by atoms with van der Waals surface area (Å²) in [5.41, 5.74) is 1.03. The minimum Gasteiger partial charge on any atom is -0.387 e. The summed E-state index contributed by atoms with van der Waals surface area (Å²) >= 11 is 0. The fourth-order valence-electron chi connectivity index (χ4n) is 4.13. The van der Waals surface area contributed by atoms with Gasteiger partial charge in [0.15, 0.2) is 0 Å². The maximum absolute atomic E-state index is 10.8. The van der Waals surface area contributed by atoms with E-state index in [-0.39, 0.29) is 5.60 Å². The fraction of sp³-hybridized carbons (Fsp3) is 0.824. The third-order valence-corrected chi connectivity index (χ3v) is 5.25. The molecule has 0 amide bonds. The van der Waals surface area contributed by atoms with Gasteiger partial charge < -0.3 is 14.4 Å². The molecule has 0 radical (unpaired) electrons. The molecule has 1 aliphatic carbocycles. The van der Waals surface area contributed by atoms with Gasteiger partial charge in [-0.1, -0.05) is 26.2 Å². The van der Waals surface area contributed by atoms with E-state index in [1.807, 2.05) is 12.5 Å². The Labute approximate surface area is 127 Å². The molecule has 1 aromatic rings. The number of rotatable bonds is 4. The zero-order chi connectivity index (χ0) is 14.7. The van der Waals surface area contributed by atoms with E-state index in [9.17, 15) is 5.11 Å². The smallest absolute Gasteiger partial charge is 0.0985 e. The van der Waals surface area contributed by atoms with Crippen LogP contribution in [0.5, 0.6) is 0 Å². The Morgan fingerprint density at radius 3 is 3.00 bits per heavy atom. The van der Waals surface area contributed by atoms with Crippen molar-refractivity contribution in [3.63, 3.8) is 0 Å². The van der Waals surface area contributed by atoms with Crippen molar-refractivity contribution in [3.05, 3.63) is 18.2 Å². The summed E-state index contributed by atoms with van der Waals surface area (Å²) in [5, 5.41) is 10.8. The molecule has 4 heteroatoms. The van der Waals surface area contributed by atoms with Gasteiger partial charge in [0.2, 0.25) is 0 Å². The van der Waals surface area contributed by atoms with E-state index in [1.54, 1.807) is 0 Å². The van der Waals surface area contributed by atoms with Crippen molar-refractivity contribution in [1.29, 1.82) is 0 Å². The normalized spacial score (nSPS) is 26.9. The maximum atomic E-state index is 10.8. The van der Waals surface area contributed by atoms with Crippen molar-refractivity contribution in [1.82, 2.24) is 9.55 Å². The second-order valence-electron chi connectivity index (χ2n) is 6.80. The lowest BCUT2D eigenvalue weighted by Crippen LogP contribution is -2.43. The van der Waals surface area contributed by atoms with E-state index in [2.05, 4.69) is 16.5 Å². The maximum Gasteiger partial charge on any atom is 0.0985 e. The highest BCUT2D eigenvalue weighted by Crippen LogP contribution is 2.44. The van der Waals surface area contributed by atoms with Crippen LogP contribution in [-0.4, -0.2) is 26.9 Å². The first-order valence-corrected chi connectivity index (χ1v) is 8.56. The first-order chi connectivity index (χ1) is 10.2. The van der Waals surface area contributed by atoms with Crippen molar-refractivity contribution >= 4 is 0 Å². The molecule has 2 heterocycles. The standard InChI is InChI=1S/C17H28N2O2/c1-2-9-19-13-18-12-15(19)16(20)14-6-10-21-17(11-14)7-4-3-5-8-17/h12-14,16,20H,2-11H2,1H3. The van der Waals surface area contributed by atoms with E-state index in [1.165, 1.54) is 32.1 Å². The quantitative estimate of drug-likeness (QED) is 0.924. The molecule has 21 heavy (non-hydrogen) atoms. The lowest BCUT2D eigenvalue weighted by Gasteiger charge is -2.44. The molecule has 1 saturated carbocycles. The fourth-order valence-corrected chi connectivity index (χ4v) is 4.13. The highest BCUT2D eigenvalue weighted by molar-refractivity contribution is 5.06. The van der Waals surface area contributed by atoms with Crippen molar-refractivity contribution < 1.29 is 9.84 Å². The Bertz CT molecular complexity index is 446. The van der Waals surface area contributed by atoms with Crippen LogP contribution in [0.1, 0.15) is 70.1 Å². The molecular weight excluding hydrogens is 264 g/mol. The van der Waals surface area contributed by atoms with E-state index < -0.39 is 6.10 Å². The van der Waals surface area contributed by atoms with E-state index in [0.717, 1.165) is 38.1 Å². The first kappa shape index (κ1) is 15.0. The number of nitrogens with zero attached hydrogens (tertiary/aromatic N) is 2. The topological polar surface area (TPSA) is 47.3 Å². The van der Waals surface area contributed by atoms with Crippen LogP contribution < -0.4 is 0 Å². The van der Waals surface area contributed by atoms with Gasteiger partial charge in [-0.05, 0) is 38.0 Å². The third-order valence-electron chi connectivity index (χ3n) is 5.25. The third kappa shape index (κ3) is 3.16. The summed E-state index contributed by atoms with van der Waals surface area (Å²) in [6.07, 6.45) is 12.5. The van der Waals surface area contributed by atoms with Crippen molar-refractivity contribution in [2.75, 3.05) is 6.61 Å². The number of aliphatic hydroxyl groups is 1. The van der Waals surface area contributed by atoms with Gasteiger partial charge in [0.05, 0.1) is 29.9 Å². The number of aliphatic hydroxyl groups excluding tert-OH is 1. The molecule has 0 aromatic carbocycles. The summed E-state index contributed by atoms with van der Waals surface area (Å²) in [7, 11) is 0. The second-order valence-corrected chi connectivity index (χ2v) is 6.80. The molecule has 1 aromatic heterocycles. The van der Waals surface area contributed by atoms with Gasteiger partial charge in [0, 0.05) is 13.2 Å². The Hall–Kier alpha value is -0.870. The predicted octanol–water partition coefficient (Wildman–Crippen LogP) is 3.46. The Balaban J connectivity index is 1.71. The van der Waals surface area contributed by atoms with Gasteiger partial charge in [-0.3, -0.25) is 0 Å². The number of aromatic nitrogens is 2. The van der Waals surface area contributed by atoms with Crippen LogP contribution in [0.2, 0.25) is 0 Å². The van der Waals surface area contributed by atoms with E-state index in [4.69, 9.17) is 4.74 Å². The summed E-state index contributed by atoms with van der Waals surface area (Å²) in [4.78, 5) is 4.23. The SMILES string of the molecule is CCCn1cncc1C(O)C1CCOC2(CCCCC2)C1. The van der Waals surface area contributed by atoms with E-state index in [0.29, 0.717) is 5.92 Å². The molecule has 1 N–H and O–H groups in total. The van der Waals surface area contributed by atoms with Gasteiger partial charge in [-0.2, -0.15) is 0 Å². The number of ether oxygens (including phenoxy) is 1. The number of aryl methyl sites for hydroxylation is 1. The van der Waals surface area contributed by atoms with Crippen LogP contribution in [0.25, 0.3) is 0 Å². The Morgan fingerprint density at radius 1 is 1.43 bits per heavy atom. The summed E-state index contributed by atoms with van der Waals surface area (Å²) < 4.78 is 8.25. The molecule has 2 fully saturated rings. The van der Waals surface area contributed by atoms with Gasteiger partial charge in [0.1, 0.15) is 0 Å². The molecule has 1 spiro atoms. The van der Waals surface area contributed by atoms with Crippen LogP contribution in [0.15, 0.2) is 12.5 Å².